The summed E-state index contributed by atoms with van der Waals surface area (Å²) in [4.78, 5) is 26.7. The van der Waals surface area contributed by atoms with Gasteiger partial charge in [0, 0.05) is 44.8 Å². The molecule has 0 aromatic heterocycles. The first-order chi connectivity index (χ1) is 10.1. The fraction of sp³-hybridized carbons (Fsp3) is 0.467. The largest absolute Gasteiger partial charge is 0.368 e. The maximum atomic E-state index is 12.0. The van der Waals surface area contributed by atoms with Crippen LogP contribution >= 0.6 is 0 Å². The Kier molecular flexibility index (Phi) is 5.03. The molecule has 1 fully saturated rings. The molecule has 3 amide bonds. The van der Waals surface area contributed by atoms with E-state index in [0.717, 1.165) is 13.1 Å². The topological polar surface area (TPSA) is 78.7 Å². The summed E-state index contributed by atoms with van der Waals surface area (Å²) < 4.78 is 0. The molecule has 114 valence electrons. The normalized spacial score (nSPS) is 14.9. The van der Waals surface area contributed by atoms with E-state index in [1.807, 2.05) is 17.0 Å². The van der Waals surface area contributed by atoms with E-state index in [1.54, 1.807) is 0 Å². The average molecular weight is 290 g/mol. The Labute approximate surface area is 124 Å². The van der Waals surface area contributed by atoms with Crippen LogP contribution in [0.2, 0.25) is 0 Å². The van der Waals surface area contributed by atoms with Crippen LogP contribution in [0, 0.1) is 6.92 Å². The van der Waals surface area contributed by atoms with E-state index in [2.05, 4.69) is 29.3 Å². The molecular weight excluding hydrogens is 268 g/mol. The van der Waals surface area contributed by atoms with Crippen LogP contribution < -0.4 is 16.0 Å². The molecule has 0 radical (unpaired) electrons. The fourth-order valence-electron chi connectivity index (χ4n) is 2.57. The fourth-order valence-corrected chi connectivity index (χ4v) is 2.57. The number of anilines is 1. The molecule has 3 N–H and O–H groups in total. The van der Waals surface area contributed by atoms with Crippen LogP contribution in [0.4, 0.5) is 10.5 Å². The zero-order chi connectivity index (χ0) is 15.2. The molecule has 21 heavy (non-hydrogen) atoms. The van der Waals surface area contributed by atoms with Gasteiger partial charge in [-0.15, -0.1) is 0 Å². The first kappa shape index (κ1) is 15.2. The van der Waals surface area contributed by atoms with E-state index in [9.17, 15) is 9.59 Å². The van der Waals surface area contributed by atoms with Crippen LogP contribution in [0.1, 0.15) is 12.0 Å². The highest BCUT2D eigenvalue weighted by molar-refractivity contribution is 5.78. The third-order valence-electron chi connectivity index (χ3n) is 3.73. The summed E-state index contributed by atoms with van der Waals surface area (Å²) in [6.45, 7) is 5.49. The van der Waals surface area contributed by atoms with Gasteiger partial charge >= 0.3 is 6.03 Å². The van der Waals surface area contributed by atoms with E-state index < -0.39 is 6.03 Å². The zero-order valence-electron chi connectivity index (χ0n) is 12.3. The minimum atomic E-state index is -0.591. The maximum Gasteiger partial charge on any atom is 0.312 e. The summed E-state index contributed by atoms with van der Waals surface area (Å²) >= 11 is 0. The van der Waals surface area contributed by atoms with Gasteiger partial charge < -0.3 is 20.9 Å². The van der Waals surface area contributed by atoms with Gasteiger partial charge in [0.25, 0.3) is 0 Å². The van der Waals surface area contributed by atoms with E-state index >= 15 is 0 Å². The number of nitrogens with one attached hydrogen (secondary N) is 1. The third kappa shape index (κ3) is 4.11. The number of piperazine rings is 1. The Balaban J connectivity index is 1.82. The number of carbonyl (C=O) groups is 2. The van der Waals surface area contributed by atoms with Crippen LogP contribution in [-0.4, -0.2) is 49.6 Å². The first-order valence-corrected chi connectivity index (χ1v) is 7.19. The van der Waals surface area contributed by atoms with Crippen molar-refractivity contribution in [3.8, 4) is 0 Å². The second-order valence-corrected chi connectivity index (χ2v) is 5.20. The highest BCUT2D eigenvalue weighted by Gasteiger charge is 2.21. The van der Waals surface area contributed by atoms with Gasteiger partial charge in [0.1, 0.15) is 0 Å². The molecule has 0 saturated carbocycles. The number of rotatable bonds is 4. The summed E-state index contributed by atoms with van der Waals surface area (Å²) in [7, 11) is 0. The number of hydrogen-bond acceptors (Lipinski definition) is 3. The number of nitrogens with zero attached hydrogens (tertiary/aromatic N) is 2. The van der Waals surface area contributed by atoms with Crippen LogP contribution in [0.5, 0.6) is 0 Å². The van der Waals surface area contributed by atoms with Gasteiger partial charge in [-0.25, -0.2) is 4.79 Å². The number of benzene rings is 1. The van der Waals surface area contributed by atoms with Crippen molar-refractivity contribution in [1.82, 2.24) is 10.2 Å². The smallest absolute Gasteiger partial charge is 0.312 e. The molecule has 2 rings (SSSR count). The highest BCUT2D eigenvalue weighted by Crippen LogP contribution is 2.20. The standard InChI is InChI=1S/C15H22N4O2/c1-12-4-2-3-5-13(12)18-8-10-19(11-9-18)14(20)6-7-17-15(16)21/h2-5H,6-11H2,1H3,(H3,16,17,21). The Morgan fingerprint density at radius 1 is 1.19 bits per heavy atom. The lowest BCUT2D eigenvalue weighted by Gasteiger charge is -2.36. The van der Waals surface area contributed by atoms with Crippen molar-refractivity contribution in [2.45, 2.75) is 13.3 Å². The highest BCUT2D eigenvalue weighted by atomic mass is 16.2. The van der Waals surface area contributed by atoms with Crippen molar-refractivity contribution < 1.29 is 9.59 Å². The number of amides is 3. The number of carbonyl (C=O) groups excluding carboxylic acids is 2. The molecule has 0 aliphatic carbocycles. The minimum Gasteiger partial charge on any atom is -0.368 e. The average Bonchev–Trinajstić information content (AvgIpc) is 2.47. The molecule has 0 unspecified atom stereocenters. The number of aryl methyl sites for hydroxylation is 1. The molecule has 0 bridgehead atoms. The number of hydrogen-bond donors (Lipinski definition) is 2. The van der Waals surface area contributed by atoms with Crippen molar-refractivity contribution in [2.75, 3.05) is 37.6 Å². The molecule has 1 heterocycles. The summed E-state index contributed by atoms with van der Waals surface area (Å²) in [5, 5.41) is 2.44. The van der Waals surface area contributed by atoms with Gasteiger partial charge in [-0.05, 0) is 18.6 Å². The number of urea groups is 1. The van der Waals surface area contributed by atoms with Gasteiger partial charge in [0.15, 0.2) is 0 Å². The Morgan fingerprint density at radius 3 is 2.48 bits per heavy atom. The van der Waals surface area contributed by atoms with E-state index in [0.29, 0.717) is 26.1 Å². The van der Waals surface area contributed by atoms with Crippen molar-refractivity contribution >= 4 is 17.6 Å². The van der Waals surface area contributed by atoms with Gasteiger partial charge in [0.2, 0.25) is 5.91 Å². The quantitative estimate of drug-likeness (QED) is 0.857. The predicted octanol–water partition coefficient (Wildman–Crippen LogP) is 0.702. The van der Waals surface area contributed by atoms with Crippen LogP contribution in [0.3, 0.4) is 0 Å². The van der Waals surface area contributed by atoms with Crippen LogP contribution in [0.25, 0.3) is 0 Å². The minimum absolute atomic E-state index is 0.0631. The Morgan fingerprint density at radius 2 is 1.86 bits per heavy atom. The lowest BCUT2D eigenvalue weighted by Crippen LogP contribution is -2.49. The number of para-hydroxylation sites is 1. The van der Waals surface area contributed by atoms with Crippen molar-refractivity contribution in [3.05, 3.63) is 29.8 Å². The Hall–Kier alpha value is -2.24. The summed E-state index contributed by atoms with van der Waals surface area (Å²) in [6, 6.07) is 7.69. The SMILES string of the molecule is Cc1ccccc1N1CCN(C(=O)CCNC(N)=O)CC1. The molecule has 1 aromatic rings. The lowest BCUT2D eigenvalue weighted by molar-refractivity contribution is -0.131. The molecule has 6 heteroatoms. The van der Waals surface area contributed by atoms with Crippen molar-refractivity contribution in [1.29, 1.82) is 0 Å². The summed E-state index contributed by atoms with van der Waals surface area (Å²) in [5.41, 5.74) is 7.46. The second-order valence-electron chi connectivity index (χ2n) is 5.20. The van der Waals surface area contributed by atoms with E-state index in [4.69, 9.17) is 5.73 Å². The van der Waals surface area contributed by atoms with Crippen molar-refractivity contribution in [2.24, 2.45) is 5.73 Å². The number of primary amides is 1. The third-order valence-corrected chi connectivity index (χ3v) is 3.73. The van der Waals surface area contributed by atoms with Crippen LogP contribution in [0.15, 0.2) is 24.3 Å². The zero-order valence-corrected chi connectivity index (χ0v) is 12.3. The molecule has 1 aliphatic heterocycles. The molecule has 1 aromatic carbocycles. The molecule has 6 nitrogen and oxygen atoms in total. The lowest BCUT2D eigenvalue weighted by atomic mass is 10.1. The molecule has 1 saturated heterocycles. The van der Waals surface area contributed by atoms with Crippen LogP contribution in [-0.2, 0) is 4.79 Å². The molecule has 1 aliphatic rings. The van der Waals surface area contributed by atoms with E-state index in [1.165, 1.54) is 11.3 Å². The summed E-state index contributed by atoms with van der Waals surface area (Å²) in [5.74, 6) is 0.0631. The van der Waals surface area contributed by atoms with Gasteiger partial charge in [0.05, 0.1) is 0 Å². The maximum absolute atomic E-state index is 12.0. The predicted molar refractivity (Wildman–Crippen MR) is 82.2 cm³/mol. The monoisotopic (exact) mass is 290 g/mol. The van der Waals surface area contributed by atoms with Gasteiger partial charge in [-0.1, -0.05) is 18.2 Å². The molecular formula is C15H22N4O2. The first-order valence-electron chi connectivity index (χ1n) is 7.19. The summed E-state index contributed by atoms with van der Waals surface area (Å²) in [6.07, 6.45) is 0.299. The molecule has 0 spiro atoms. The number of nitrogens with two attached hydrogens (primary N) is 1. The van der Waals surface area contributed by atoms with Gasteiger partial charge in [-0.3, -0.25) is 4.79 Å². The van der Waals surface area contributed by atoms with Crippen molar-refractivity contribution in [3.63, 3.8) is 0 Å². The molecule has 0 atom stereocenters. The van der Waals surface area contributed by atoms with Gasteiger partial charge in [-0.2, -0.15) is 0 Å². The second kappa shape index (κ2) is 6.97. The van der Waals surface area contributed by atoms with E-state index in [-0.39, 0.29) is 5.91 Å². The Bertz CT molecular complexity index is 510.